The summed E-state index contributed by atoms with van der Waals surface area (Å²) in [4.78, 5) is 24.5. The lowest BCUT2D eigenvalue weighted by Gasteiger charge is -2.25. The molecule has 1 fully saturated rings. The number of rotatable bonds is 6. The lowest BCUT2D eigenvalue weighted by molar-refractivity contribution is -0.138. The summed E-state index contributed by atoms with van der Waals surface area (Å²) in [5.41, 5.74) is 0.875. The SMILES string of the molecule is COC(=O)c1ccc(S(=O)(=O)N2CCCC(N(C)CC(=O)O)CC2)cc1C. The topological polar surface area (TPSA) is 104 Å². The fourth-order valence-corrected chi connectivity index (χ4v) is 4.94. The van der Waals surface area contributed by atoms with E-state index in [0.717, 1.165) is 6.42 Å². The van der Waals surface area contributed by atoms with Gasteiger partial charge in [-0.2, -0.15) is 4.31 Å². The van der Waals surface area contributed by atoms with Gasteiger partial charge in [0.2, 0.25) is 10.0 Å². The van der Waals surface area contributed by atoms with Crippen LogP contribution in [-0.2, 0) is 19.6 Å². The van der Waals surface area contributed by atoms with Crippen LogP contribution in [0, 0.1) is 6.92 Å². The Morgan fingerprint density at radius 3 is 2.59 bits per heavy atom. The number of carbonyl (C=O) groups is 2. The van der Waals surface area contributed by atoms with Crippen molar-refractivity contribution in [2.45, 2.75) is 37.1 Å². The third kappa shape index (κ3) is 5.06. The molecule has 0 saturated carbocycles. The molecule has 0 aliphatic carbocycles. The number of sulfonamides is 1. The van der Waals surface area contributed by atoms with Gasteiger partial charge in [0, 0.05) is 19.1 Å². The van der Waals surface area contributed by atoms with Crippen molar-refractivity contribution in [2.24, 2.45) is 0 Å². The number of likely N-dealkylation sites (N-methyl/N-ethyl adjacent to an activating group) is 1. The average molecular weight is 398 g/mol. The third-order valence-electron chi connectivity index (χ3n) is 4.91. The van der Waals surface area contributed by atoms with Crippen LogP contribution < -0.4 is 0 Å². The van der Waals surface area contributed by atoms with Gasteiger partial charge < -0.3 is 9.84 Å². The number of aryl methyl sites for hydroxylation is 1. The molecule has 1 saturated heterocycles. The molecule has 2 rings (SSSR count). The maximum absolute atomic E-state index is 13.0. The molecule has 1 aliphatic heterocycles. The molecule has 0 radical (unpaired) electrons. The predicted octanol–water partition coefficient (Wildman–Crippen LogP) is 1.34. The highest BCUT2D eigenvalue weighted by molar-refractivity contribution is 7.89. The van der Waals surface area contributed by atoms with Gasteiger partial charge in [0.1, 0.15) is 0 Å². The molecule has 1 atom stereocenters. The van der Waals surface area contributed by atoms with Gasteiger partial charge in [0.05, 0.1) is 24.1 Å². The Bertz CT molecular complexity index is 808. The first-order valence-electron chi connectivity index (χ1n) is 8.78. The minimum Gasteiger partial charge on any atom is -0.480 e. The minimum absolute atomic E-state index is 0.0322. The van der Waals surface area contributed by atoms with Gasteiger partial charge in [0.25, 0.3) is 0 Å². The summed E-state index contributed by atoms with van der Waals surface area (Å²) in [6.45, 7) is 2.32. The second-order valence-electron chi connectivity index (χ2n) is 6.77. The molecular formula is C18H26N2O6S. The minimum atomic E-state index is -3.68. The van der Waals surface area contributed by atoms with Gasteiger partial charge in [-0.1, -0.05) is 0 Å². The van der Waals surface area contributed by atoms with E-state index in [1.807, 2.05) is 0 Å². The first-order valence-corrected chi connectivity index (χ1v) is 10.2. The molecular weight excluding hydrogens is 372 g/mol. The van der Waals surface area contributed by atoms with Crippen LogP contribution in [0.15, 0.2) is 23.1 Å². The second kappa shape index (κ2) is 8.81. The van der Waals surface area contributed by atoms with Crippen LogP contribution in [0.2, 0.25) is 0 Å². The van der Waals surface area contributed by atoms with Crippen molar-refractivity contribution in [1.82, 2.24) is 9.21 Å². The van der Waals surface area contributed by atoms with Crippen molar-refractivity contribution in [3.8, 4) is 0 Å². The normalized spacial score (nSPS) is 18.9. The van der Waals surface area contributed by atoms with Crippen molar-refractivity contribution < 1.29 is 27.9 Å². The lowest BCUT2D eigenvalue weighted by Crippen LogP contribution is -2.37. The molecule has 0 bridgehead atoms. The van der Waals surface area contributed by atoms with Gasteiger partial charge in [-0.15, -0.1) is 0 Å². The number of nitrogens with zero attached hydrogens (tertiary/aromatic N) is 2. The molecule has 1 N–H and O–H groups in total. The maximum atomic E-state index is 13.0. The zero-order chi connectivity index (χ0) is 20.2. The number of benzene rings is 1. The summed E-state index contributed by atoms with van der Waals surface area (Å²) in [5, 5.41) is 8.94. The number of methoxy groups -OCH3 is 1. The van der Waals surface area contributed by atoms with Crippen molar-refractivity contribution in [3.63, 3.8) is 0 Å². The van der Waals surface area contributed by atoms with Gasteiger partial charge in [0.15, 0.2) is 0 Å². The molecule has 150 valence electrons. The van der Waals surface area contributed by atoms with Crippen LogP contribution in [0.3, 0.4) is 0 Å². The number of carbonyl (C=O) groups excluding carboxylic acids is 1. The highest BCUT2D eigenvalue weighted by Crippen LogP contribution is 2.24. The third-order valence-corrected chi connectivity index (χ3v) is 6.80. The smallest absolute Gasteiger partial charge is 0.338 e. The molecule has 8 nitrogen and oxygen atoms in total. The Morgan fingerprint density at radius 1 is 1.30 bits per heavy atom. The number of hydrogen-bond donors (Lipinski definition) is 1. The molecule has 0 spiro atoms. The number of carboxylic acids is 1. The Hall–Kier alpha value is -1.97. The van der Waals surface area contributed by atoms with Crippen LogP contribution in [-0.4, -0.2) is 74.5 Å². The molecule has 1 aromatic rings. The van der Waals surface area contributed by atoms with Crippen LogP contribution >= 0.6 is 0 Å². The molecule has 0 aromatic heterocycles. The van der Waals surface area contributed by atoms with Crippen molar-refractivity contribution >= 4 is 22.0 Å². The van der Waals surface area contributed by atoms with E-state index >= 15 is 0 Å². The summed E-state index contributed by atoms with van der Waals surface area (Å²) in [5.74, 6) is -1.40. The predicted molar refractivity (Wildman–Crippen MR) is 99.2 cm³/mol. The van der Waals surface area contributed by atoms with Crippen LogP contribution in [0.5, 0.6) is 0 Å². The molecule has 0 amide bonds. The molecule has 27 heavy (non-hydrogen) atoms. The summed E-state index contributed by atoms with van der Waals surface area (Å²) in [7, 11) is -0.656. The highest BCUT2D eigenvalue weighted by atomic mass is 32.2. The second-order valence-corrected chi connectivity index (χ2v) is 8.70. The van der Waals surface area contributed by atoms with Gasteiger partial charge in [-0.05, 0) is 57.0 Å². The number of hydrogen-bond acceptors (Lipinski definition) is 6. The Kier molecular flexibility index (Phi) is 6.96. The lowest BCUT2D eigenvalue weighted by atomic mass is 10.1. The largest absolute Gasteiger partial charge is 0.480 e. The summed E-state index contributed by atoms with van der Waals surface area (Å²) < 4.78 is 32.1. The summed E-state index contributed by atoms with van der Waals surface area (Å²) in [6.07, 6.45) is 1.98. The van der Waals surface area contributed by atoms with E-state index in [4.69, 9.17) is 9.84 Å². The molecule has 9 heteroatoms. The van der Waals surface area contributed by atoms with Crippen molar-refractivity contribution in [3.05, 3.63) is 29.3 Å². The quantitative estimate of drug-likeness (QED) is 0.721. The van der Waals surface area contributed by atoms with E-state index < -0.39 is 22.0 Å². The van der Waals surface area contributed by atoms with E-state index in [0.29, 0.717) is 37.1 Å². The highest BCUT2D eigenvalue weighted by Gasteiger charge is 2.29. The summed E-state index contributed by atoms with van der Waals surface area (Å²) in [6, 6.07) is 4.41. The number of aliphatic carboxylic acids is 1. The van der Waals surface area contributed by atoms with Crippen molar-refractivity contribution in [2.75, 3.05) is 33.8 Å². The van der Waals surface area contributed by atoms with E-state index in [2.05, 4.69) is 0 Å². The van der Waals surface area contributed by atoms with Gasteiger partial charge in [-0.3, -0.25) is 9.69 Å². The Morgan fingerprint density at radius 2 is 2.00 bits per heavy atom. The van der Waals surface area contributed by atoms with Gasteiger partial charge >= 0.3 is 11.9 Å². The average Bonchev–Trinajstić information content (AvgIpc) is 2.87. The van der Waals surface area contributed by atoms with Crippen LogP contribution in [0.1, 0.15) is 35.2 Å². The van der Waals surface area contributed by atoms with E-state index in [1.165, 1.54) is 29.6 Å². The molecule has 1 aliphatic rings. The maximum Gasteiger partial charge on any atom is 0.338 e. The van der Waals surface area contributed by atoms with E-state index in [9.17, 15) is 18.0 Å². The molecule has 1 unspecified atom stereocenters. The van der Waals surface area contributed by atoms with Crippen LogP contribution in [0.25, 0.3) is 0 Å². The van der Waals surface area contributed by atoms with Crippen molar-refractivity contribution in [1.29, 1.82) is 0 Å². The molecule has 1 aromatic carbocycles. The number of ether oxygens (including phenoxy) is 1. The summed E-state index contributed by atoms with van der Waals surface area (Å²) >= 11 is 0. The monoisotopic (exact) mass is 398 g/mol. The van der Waals surface area contributed by atoms with E-state index in [1.54, 1.807) is 18.9 Å². The molecule has 1 heterocycles. The first-order chi connectivity index (χ1) is 12.7. The van der Waals surface area contributed by atoms with Crippen LogP contribution in [0.4, 0.5) is 0 Å². The standard InChI is InChI=1S/C18H26N2O6S/c1-13-11-15(6-7-16(13)18(23)26-3)27(24,25)20-9-4-5-14(8-10-20)19(2)12-17(21)22/h6-7,11,14H,4-5,8-10,12H2,1-3H3,(H,21,22). The zero-order valence-electron chi connectivity index (χ0n) is 15.8. The fourth-order valence-electron chi connectivity index (χ4n) is 3.36. The van der Waals surface area contributed by atoms with Gasteiger partial charge in [-0.25, -0.2) is 13.2 Å². The van der Waals surface area contributed by atoms with E-state index in [-0.39, 0.29) is 17.5 Å². The fraction of sp³-hybridized carbons (Fsp3) is 0.556. The number of carboxylic acid groups (broad SMARTS) is 1. The zero-order valence-corrected chi connectivity index (χ0v) is 16.7. The Labute approximate surface area is 159 Å². The first kappa shape index (κ1) is 21.3. The Balaban J connectivity index is 2.16. The number of esters is 1.